The molecule has 0 saturated carbocycles. The Labute approximate surface area is 233 Å². The predicted octanol–water partition coefficient (Wildman–Crippen LogP) is -2.89. The zero-order chi connectivity index (χ0) is 29.9. The highest BCUT2D eigenvalue weighted by Crippen LogP contribution is 2.49. The minimum atomic E-state index is -4.99. The Morgan fingerprint density at radius 2 is 1.69 bits per heavy atom. The van der Waals surface area contributed by atoms with Crippen molar-refractivity contribution in [1.82, 2.24) is 39.0 Å². The number of aliphatic hydroxyl groups is 3. The molecule has 9 N–H and O–H groups in total. The highest BCUT2D eigenvalue weighted by Gasteiger charge is 2.51. The number of nitrogens with one attached hydrogen (secondary N) is 1. The summed E-state index contributed by atoms with van der Waals surface area (Å²) in [7, 11) is -3.78. The molecule has 6 rings (SSSR count). The molecule has 0 radical (unpaired) electrons. The van der Waals surface area contributed by atoms with E-state index in [1.54, 1.807) is 0 Å². The molecule has 0 amide bonds. The smallest absolute Gasteiger partial charge is 0.387 e. The topological polar surface area (TPSA) is 303 Å². The van der Waals surface area contributed by atoms with Crippen LogP contribution in [0, 0.1) is 0 Å². The zero-order valence-electron chi connectivity index (χ0n) is 21.4. The maximum absolute atomic E-state index is 12.9. The average molecular weight is 612 g/mol. The maximum atomic E-state index is 12.9. The Bertz CT molecular complexity index is 1730. The number of phosphoric ester groups is 1. The van der Waals surface area contributed by atoms with E-state index in [4.69, 9.17) is 34.7 Å². The molecule has 0 aliphatic carbocycles. The quantitative estimate of drug-likeness (QED) is 0.0982. The third-order valence-electron chi connectivity index (χ3n) is 6.78. The Morgan fingerprint density at radius 3 is 2.43 bits per heavy atom. The summed E-state index contributed by atoms with van der Waals surface area (Å²) in [4.78, 5) is 44.8. The fourth-order valence-electron chi connectivity index (χ4n) is 4.78. The fraction of sp³-hybridized carbons (Fsp3) is 0.500. The van der Waals surface area contributed by atoms with Gasteiger partial charge in [0.1, 0.15) is 36.3 Å². The van der Waals surface area contributed by atoms with Gasteiger partial charge in [-0.25, -0.2) is 24.5 Å². The highest BCUT2D eigenvalue weighted by molar-refractivity contribution is 7.47. The molecule has 2 fully saturated rings. The first-order chi connectivity index (χ1) is 20.0. The summed E-state index contributed by atoms with van der Waals surface area (Å²) >= 11 is 0. The summed E-state index contributed by atoms with van der Waals surface area (Å²) in [5.74, 6) is -0.122. The molecule has 4 aromatic rings. The molecule has 0 bridgehead atoms. The van der Waals surface area contributed by atoms with Crippen molar-refractivity contribution < 1.29 is 48.0 Å². The lowest BCUT2D eigenvalue weighted by Gasteiger charge is -2.23. The van der Waals surface area contributed by atoms with Crippen molar-refractivity contribution in [3.05, 3.63) is 29.3 Å². The van der Waals surface area contributed by atoms with Crippen molar-refractivity contribution in [3.63, 3.8) is 0 Å². The third kappa shape index (κ3) is 4.80. The molecule has 5 unspecified atom stereocenters. The van der Waals surface area contributed by atoms with Gasteiger partial charge in [-0.15, -0.1) is 0 Å². The average Bonchev–Trinajstić information content (AvgIpc) is 3.69. The number of nitrogens with two attached hydrogens (primary N) is 2. The summed E-state index contributed by atoms with van der Waals surface area (Å²) in [5, 5.41) is 32.1. The van der Waals surface area contributed by atoms with Gasteiger partial charge in [0.05, 0.1) is 19.3 Å². The second kappa shape index (κ2) is 10.6. The second-order valence-corrected chi connectivity index (χ2v) is 10.8. The Hall–Kier alpha value is -3.63. The first-order valence-electron chi connectivity index (χ1n) is 12.2. The van der Waals surface area contributed by atoms with Crippen molar-refractivity contribution in [2.75, 3.05) is 25.2 Å². The summed E-state index contributed by atoms with van der Waals surface area (Å²) in [5.41, 5.74) is 11.1. The molecule has 9 atom stereocenters. The first-order valence-corrected chi connectivity index (χ1v) is 13.7. The van der Waals surface area contributed by atoms with Crippen LogP contribution in [0.25, 0.3) is 22.3 Å². The van der Waals surface area contributed by atoms with E-state index in [9.17, 15) is 29.6 Å². The molecule has 2 saturated heterocycles. The number of methoxy groups -OCH3 is 1. The van der Waals surface area contributed by atoms with Crippen molar-refractivity contribution in [2.24, 2.45) is 0 Å². The van der Waals surface area contributed by atoms with Crippen LogP contribution in [0.3, 0.4) is 0 Å². The van der Waals surface area contributed by atoms with Gasteiger partial charge in [0.15, 0.2) is 47.5 Å². The Morgan fingerprint density at radius 1 is 1.00 bits per heavy atom. The Balaban J connectivity index is 1.15. The largest absolute Gasteiger partial charge is 0.472 e. The maximum Gasteiger partial charge on any atom is 0.472 e. The number of nitrogens with zero attached hydrogens (tertiary/aromatic N) is 7. The van der Waals surface area contributed by atoms with E-state index in [1.807, 2.05) is 0 Å². The monoisotopic (exact) mass is 612 g/mol. The number of nitrogen functional groups attached to an aromatic ring is 2. The van der Waals surface area contributed by atoms with Gasteiger partial charge in [-0.2, -0.15) is 4.98 Å². The lowest BCUT2D eigenvalue weighted by atomic mass is 10.1. The molecule has 0 aromatic carbocycles. The first kappa shape index (κ1) is 28.5. The standard InChI is InChI=1S/C20H25N10O11P/c1-37-19-12(11(33)18(40-19)30-5-26-8-15(30)27-20(22)28-16(8)34)41-42(35,36)38-2-6-9(31)10(32)17(39-6)29-4-25-7-13(21)23-3-24-14(7)29/h3-6,9-12,17-19,31-33H,2H2,1H3,(H,35,36)(H2,21,23,24)(H3,22,27,28,34)/t6-,9?,10?,11?,12?,17-,18-,19+/m1/s1. The summed E-state index contributed by atoms with van der Waals surface area (Å²) in [6, 6.07) is 0. The van der Waals surface area contributed by atoms with Crippen LogP contribution in [0.4, 0.5) is 11.8 Å². The van der Waals surface area contributed by atoms with E-state index in [0.29, 0.717) is 0 Å². The SMILES string of the molecule is CO[C@H]1O[C@@H](n2cnc3c(=O)[nH]c(N)nc32)C(O)C1OP(=O)(O)OC[C@H]1O[C@@H](n2cnc3c(N)ncnc32)C(O)C1O. The molecule has 226 valence electrons. The van der Waals surface area contributed by atoms with Gasteiger partial charge in [0.25, 0.3) is 5.56 Å². The molecular weight excluding hydrogens is 587 g/mol. The molecule has 4 aromatic heterocycles. The normalized spacial score (nSPS) is 31.3. The van der Waals surface area contributed by atoms with E-state index in [0.717, 1.165) is 6.33 Å². The van der Waals surface area contributed by atoms with Gasteiger partial charge in [-0.3, -0.25) is 28.0 Å². The van der Waals surface area contributed by atoms with E-state index in [2.05, 4.69) is 29.9 Å². The van der Waals surface area contributed by atoms with Gasteiger partial charge in [0.2, 0.25) is 5.95 Å². The van der Waals surface area contributed by atoms with E-state index < -0.39 is 69.3 Å². The number of hydrogen-bond donors (Lipinski definition) is 7. The minimum Gasteiger partial charge on any atom is -0.387 e. The van der Waals surface area contributed by atoms with Crippen molar-refractivity contribution in [3.8, 4) is 0 Å². The molecule has 6 heterocycles. The Kier molecular flexibility index (Phi) is 7.17. The second-order valence-electron chi connectivity index (χ2n) is 9.36. The number of rotatable bonds is 8. The zero-order valence-corrected chi connectivity index (χ0v) is 22.3. The number of ether oxygens (including phenoxy) is 3. The number of aliphatic hydroxyl groups excluding tert-OH is 3. The van der Waals surface area contributed by atoms with Crippen LogP contribution in [0.2, 0.25) is 0 Å². The van der Waals surface area contributed by atoms with Crippen LogP contribution in [0.15, 0.2) is 23.8 Å². The number of aromatic nitrogens is 8. The third-order valence-corrected chi connectivity index (χ3v) is 7.77. The molecule has 0 spiro atoms. The molecule has 2 aliphatic rings. The number of aromatic amines is 1. The number of fused-ring (bicyclic) bond motifs is 2. The van der Waals surface area contributed by atoms with E-state index in [-0.39, 0.29) is 34.1 Å². The molecule has 2 aliphatic heterocycles. The van der Waals surface area contributed by atoms with Crippen molar-refractivity contribution in [2.45, 2.75) is 49.3 Å². The van der Waals surface area contributed by atoms with Crippen LogP contribution in [-0.2, 0) is 27.8 Å². The molecule has 22 heteroatoms. The predicted molar refractivity (Wildman–Crippen MR) is 136 cm³/mol. The number of imidazole rings is 2. The van der Waals surface area contributed by atoms with Crippen LogP contribution in [0.5, 0.6) is 0 Å². The van der Waals surface area contributed by atoms with E-state index in [1.165, 1.54) is 28.9 Å². The summed E-state index contributed by atoms with van der Waals surface area (Å²) in [6.07, 6.45) is -7.86. The lowest BCUT2D eigenvalue weighted by Crippen LogP contribution is -2.36. The fourth-order valence-corrected chi connectivity index (χ4v) is 5.71. The van der Waals surface area contributed by atoms with Crippen LogP contribution in [0.1, 0.15) is 12.5 Å². The molecule has 42 heavy (non-hydrogen) atoms. The van der Waals surface area contributed by atoms with Gasteiger partial charge >= 0.3 is 7.82 Å². The number of H-pyrrole nitrogens is 1. The van der Waals surface area contributed by atoms with Crippen LogP contribution < -0.4 is 17.0 Å². The van der Waals surface area contributed by atoms with Crippen molar-refractivity contribution in [1.29, 1.82) is 0 Å². The molecule has 21 nitrogen and oxygen atoms in total. The lowest BCUT2D eigenvalue weighted by molar-refractivity contribution is -0.159. The van der Waals surface area contributed by atoms with Gasteiger partial charge in [0, 0.05) is 7.11 Å². The van der Waals surface area contributed by atoms with Crippen LogP contribution in [-0.4, -0.2) is 110 Å². The van der Waals surface area contributed by atoms with Gasteiger partial charge in [-0.1, -0.05) is 0 Å². The summed E-state index contributed by atoms with van der Waals surface area (Å²) in [6.45, 7) is -0.713. The number of anilines is 2. The number of hydrogen-bond acceptors (Lipinski definition) is 17. The van der Waals surface area contributed by atoms with Gasteiger partial charge in [-0.05, 0) is 0 Å². The highest BCUT2D eigenvalue weighted by atomic mass is 31.2. The minimum absolute atomic E-state index is 0.0282. The molecular formula is C20H25N10O11P. The van der Waals surface area contributed by atoms with Crippen molar-refractivity contribution >= 4 is 41.9 Å². The van der Waals surface area contributed by atoms with Gasteiger partial charge < -0.3 is 45.9 Å². The summed E-state index contributed by atoms with van der Waals surface area (Å²) < 4.78 is 42.1. The number of phosphoric acid groups is 1. The van der Waals surface area contributed by atoms with Crippen LogP contribution >= 0.6 is 7.82 Å². The van der Waals surface area contributed by atoms with E-state index >= 15 is 0 Å².